The summed E-state index contributed by atoms with van der Waals surface area (Å²) in [6.07, 6.45) is -4.41. The maximum absolute atomic E-state index is 12.4. The quantitative estimate of drug-likeness (QED) is 0.816. The third-order valence-electron chi connectivity index (χ3n) is 2.73. The van der Waals surface area contributed by atoms with Gasteiger partial charge in [0, 0.05) is 16.4 Å². The van der Waals surface area contributed by atoms with Gasteiger partial charge in [-0.2, -0.15) is 13.2 Å². The Bertz CT molecular complexity index is 669. The van der Waals surface area contributed by atoms with Crippen molar-refractivity contribution in [2.45, 2.75) is 6.18 Å². The molecule has 0 aromatic heterocycles. The van der Waals surface area contributed by atoms with Gasteiger partial charge in [0.15, 0.2) is 0 Å². The van der Waals surface area contributed by atoms with Crippen LogP contribution in [0.4, 0.5) is 24.5 Å². The number of nitrogen functional groups attached to an aromatic ring is 1. The molecule has 0 heterocycles. The number of carbonyl (C=O) groups excluding carboxylic acids is 1. The Balaban J connectivity index is 2.16. The summed E-state index contributed by atoms with van der Waals surface area (Å²) in [6.45, 7) is 0. The van der Waals surface area contributed by atoms with E-state index in [1.54, 1.807) is 0 Å². The highest BCUT2D eigenvalue weighted by molar-refractivity contribution is 6.31. The number of hydrogen-bond acceptors (Lipinski definition) is 2. The van der Waals surface area contributed by atoms with Gasteiger partial charge >= 0.3 is 6.18 Å². The standard InChI is InChI=1S/C14H10ClF3N2O/c15-9-3-6-11(12(19)7-9)13(21)20-10-4-1-8(2-5-10)14(16,17)18/h1-7H,19H2,(H,20,21). The Morgan fingerprint density at radius 2 is 1.71 bits per heavy atom. The molecule has 0 aliphatic rings. The Morgan fingerprint density at radius 1 is 1.10 bits per heavy atom. The van der Waals surface area contributed by atoms with Crippen molar-refractivity contribution in [1.29, 1.82) is 0 Å². The molecule has 0 aliphatic heterocycles. The van der Waals surface area contributed by atoms with Gasteiger partial charge in [0.1, 0.15) is 0 Å². The third kappa shape index (κ3) is 3.66. The number of rotatable bonds is 2. The SMILES string of the molecule is Nc1cc(Cl)ccc1C(=O)Nc1ccc(C(F)(F)F)cc1. The molecule has 2 aromatic carbocycles. The summed E-state index contributed by atoms with van der Waals surface area (Å²) >= 11 is 5.72. The summed E-state index contributed by atoms with van der Waals surface area (Å²) in [4.78, 5) is 12.0. The van der Waals surface area contributed by atoms with Crippen LogP contribution >= 0.6 is 11.6 Å². The van der Waals surface area contributed by atoms with Crippen molar-refractivity contribution in [3.05, 3.63) is 58.6 Å². The van der Waals surface area contributed by atoms with Gasteiger partial charge < -0.3 is 11.1 Å². The fraction of sp³-hybridized carbons (Fsp3) is 0.0714. The van der Waals surface area contributed by atoms with Crippen molar-refractivity contribution in [2.75, 3.05) is 11.1 Å². The van der Waals surface area contributed by atoms with E-state index < -0.39 is 17.6 Å². The number of amides is 1. The molecule has 0 aliphatic carbocycles. The van der Waals surface area contributed by atoms with Crippen LogP contribution in [0.25, 0.3) is 0 Å². The monoisotopic (exact) mass is 314 g/mol. The summed E-state index contributed by atoms with van der Waals surface area (Å²) in [5, 5.41) is 2.86. The molecule has 2 aromatic rings. The molecule has 0 saturated heterocycles. The number of nitrogens with one attached hydrogen (secondary N) is 1. The molecule has 21 heavy (non-hydrogen) atoms. The highest BCUT2D eigenvalue weighted by Gasteiger charge is 2.30. The van der Waals surface area contributed by atoms with Gasteiger partial charge in [0.25, 0.3) is 5.91 Å². The third-order valence-corrected chi connectivity index (χ3v) is 2.96. The number of nitrogens with two attached hydrogens (primary N) is 1. The van der Waals surface area contributed by atoms with Crippen molar-refractivity contribution < 1.29 is 18.0 Å². The van der Waals surface area contributed by atoms with Gasteiger partial charge in [0.2, 0.25) is 0 Å². The molecule has 0 radical (unpaired) electrons. The zero-order valence-electron chi connectivity index (χ0n) is 10.5. The Labute approximate surface area is 123 Å². The van der Waals surface area contributed by atoms with E-state index in [2.05, 4.69) is 5.32 Å². The summed E-state index contributed by atoms with van der Waals surface area (Å²) in [5.74, 6) is -0.524. The van der Waals surface area contributed by atoms with Gasteiger partial charge in [-0.05, 0) is 42.5 Å². The van der Waals surface area contributed by atoms with E-state index in [1.807, 2.05) is 0 Å². The van der Waals surface area contributed by atoms with E-state index in [-0.39, 0.29) is 16.9 Å². The van der Waals surface area contributed by atoms with Crippen LogP contribution < -0.4 is 11.1 Å². The van der Waals surface area contributed by atoms with Crippen molar-refractivity contribution >= 4 is 28.9 Å². The zero-order valence-corrected chi connectivity index (χ0v) is 11.3. The number of hydrogen-bond donors (Lipinski definition) is 2. The van der Waals surface area contributed by atoms with Gasteiger partial charge in [-0.3, -0.25) is 4.79 Å². The highest BCUT2D eigenvalue weighted by Crippen LogP contribution is 2.30. The van der Waals surface area contributed by atoms with Crippen molar-refractivity contribution in [2.24, 2.45) is 0 Å². The van der Waals surface area contributed by atoms with Crippen molar-refractivity contribution in [1.82, 2.24) is 0 Å². The molecule has 110 valence electrons. The van der Waals surface area contributed by atoms with Crippen LogP contribution in [0.15, 0.2) is 42.5 Å². The molecule has 3 N–H and O–H groups in total. The van der Waals surface area contributed by atoms with Crippen LogP contribution in [-0.4, -0.2) is 5.91 Å². The summed E-state index contributed by atoms with van der Waals surface area (Å²) < 4.78 is 37.3. The summed E-state index contributed by atoms with van der Waals surface area (Å²) in [6, 6.07) is 8.49. The molecule has 0 saturated carbocycles. The fourth-order valence-corrected chi connectivity index (χ4v) is 1.86. The van der Waals surface area contributed by atoms with E-state index in [1.165, 1.54) is 30.3 Å². The van der Waals surface area contributed by atoms with Gasteiger partial charge in [-0.1, -0.05) is 11.6 Å². The molecule has 0 fully saturated rings. The number of benzene rings is 2. The normalized spacial score (nSPS) is 11.2. The molecular weight excluding hydrogens is 305 g/mol. The summed E-state index contributed by atoms with van der Waals surface area (Å²) in [5.41, 5.74) is 5.50. The van der Waals surface area contributed by atoms with Gasteiger partial charge in [-0.25, -0.2) is 0 Å². The maximum atomic E-state index is 12.4. The molecule has 0 bridgehead atoms. The van der Waals surface area contributed by atoms with Crippen LogP contribution in [0.3, 0.4) is 0 Å². The topological polar surface area (TPSA) is 55.1 Å². The first kappa shape index (κ1) is 15.2. The molecule has 3 nitrogen and oxygen atoms in total. The van der Waals surface area contributed by atoms with Crippen LogP contribution in [0.1, 0.15) is 15.9 Å². The van der Waals surface area contributed by atoms with Crippen molar-refractivity contribution in [3.8, 4) is 0 Å². The maximum Gasteiger partial charge on any atom is 0.416 e. The minimum atomic E-state index is -4.41. The largest absolute Gasteiger partial charge is 0.416 e. The minimum absolute atomic E-state index is 0.187. The number of halogens is 4. The first-order valence-electron chi connectivity index (χ1n) is 5.81. The highest BCUT2D eigenvalue weighted by atomic mass is 35.5. The van der Waals surface area contributed by atoms with E-state index >= 15 is 0 Å². The molecule has 2 rings (SSSR count). The Morgan fingerprint density at radius 3 is 2.24 bits per heavy atom. The zero-order chi connectivity index (χ0) is 15.6. The first-order chi connectivity index (χ1) is 9.77. The molecule has 0 unspecified atom stereocenters. The summed E-state index contributed by atoms with van der Waals surface area (Å²) in [7, 11) is 0. The predicted octanol–water partition coefficient (Wildman–Crippen LogP) is 4.19. The Kier molecular flexibility index (Phi) is 4.09. The smallest absolute Gasteiger partial charge is 0.398 e. The minimum Gasteiger partial charge on any atom is -0.398 e. The second kappa shape index (κ2) is 5.65. The average molecular weight is 315 g/mol. The Hall–Kier alpha value is -2.21. The lowest BCUT2D eigenvalue weighted by atomic mass is 10.1. The van der Waals surface area contributed by atoms with Crippen LogP contribution in [-0.2, 0) is 6.18 Å². The van der Waals surface area contributed by atoms with Crippen molar-refractivity contribution in [3.63, 3.8) is 0 Å². The van der Waals surface area contributed by atoms with E-state index in [0.29, 0.717) is 5.02 Å². The lowest BCUT2D eigenvalue weighted by molar-refractivity contribution is -0.137. The number of carbonyl (C=O) groups is 1. The molecular formula is C14H10ClF3N2O. The van der Waals surface area contributed by atoms with E-state index in [4.69, 9.17) is 17.3 Å². The predicted molar refractivity (Wildman–Crippen MR) is 75.3 cm³/mol. The average Bonchev–Trinajstić information content (AvgIpc) is 2.38. The van der Waals surface area contributed by atoms with Gasteiger partial charge in [-0.15, -0.1) is 0 Å². The fourth-order valence-electron chi connectivity index (χ4n) is 1.68. The number of alkyl halides is 3. The first-order valence-corrected chi connectivity index (χ1v) is 6.19. The second-order valence-electron chi connectivity index (χ2n) is 4.26. The molecule has 0 spiro atoms. The molecule has 1 amide bonds. The molecule has 7 heteroatoms. The van der Waals surface area contributed by atoms with E-state index in [0.717, 1.165) is 12.1 Å². The lowest BCUT2D eigenvalue weighted by Gasteiger charge is -2.10. The van der Waals surface area contributed by atoms with Crippen LogP contribution in [0, 0.1) is 0 Å². The van der Waals surface area contributed by atoms with Crippen LogP contribution in [0.5, 0.6) is 0 Å². The number of anilines is 2. The van der Waals surface area contributed by atoms with E-state index in [9.17, 15) is 18.0 Å². The lowest BCUT2D eigenvalue weighted by Crippen LogP contribution is -2.14. The van der Waals surface area contributed by atoms with Crippen LogP contribution in [0.2, 0.25) is 5.02 Å². The molecule has 0 atom stereocenters. The second-order valence-corrected chi connectivity index (χ2v) is 4.70. The van der Waals surface area contributed by atoms with Gasteiger partial charge in [0.05, 0.1) is 11.1 Å².